The highest BCUT2D eigenvalue weighted by Gasteiger charge is 2.24. The van der Waals surface area contributed by atoms with Gasteiger partial charge in [-0.1, -0.05) is 6.07 Å². The molecule has 2 amide bonds. The molecule has 3 aromatic rings. The highest BCUT2D eigenvalue weighted by Crippen LogP contribution is 2.26. The number of anilines is 1. The number of carbonyl (C=O) groups is 2. The molecule has 2 heterocycles. The van der Waals surface area contributed by atoms with Crippen LogP contribution in [0.1, 0.15) is 35.7 Å². The van der Waals surface area contributed by atoms with Crippen LogP contribution in [0.25, 0.3) is 16.9 Å². The van der Waals surface area contributed by atoms with Crippen LogP contribution in [0.2, 0.25) is 0 Å². The van der Waals surface area contributed by atoms with E-state index in [1.807, 2.05) is 35.7 Å². The van der Waals surface area contributed by atoms with Crippen molar-refractivity contribution in [3.05, 3.63) is 47.9 Å². The predicted octanol–water partition coefficient (Wildman–Crippen LogP) is 2.14. The summed E-state index contributed by atoms with van der Waals surface area (Å²) in [5, 5.41) is 8.98. The van der Waals surface area contributed by atoms with Gasteiger partial charge in [-0.2, -0.15) is 0 Å². The second-order valence-corrected chi connectivity index (χ2v) is 7.30. The van der Waals surface area contributed by atoms with Crippen LogP contribution in [-0.4, -0.2) is 45.3 Å². The molecule has 3 N–H and O–H groups in total. The van der Waals surface area contributed by atoms with Crippen LogP contribution in [0.15, 0.2) is 36.8 Å². The zero-order chi connectivity index (χ0) is 20.4. The number of aromatic nitrogens is 3. The number of carbonyl (C=O) groups excluding carboxylic acids is 2. The molecule has 2 aromatic heterocycles. The Morgan fingerprint density at radius 3 is 2.76 bits per heavy atom. The van der Waals surface area contributed by atoms with Crippen LogP contribution < -0.4 is 16.0 Å². The van der Waals surface area contributed by atoms with E-state index in [1.165, 1.54) is 6.92 Å². The molecular weight excluding hydrogens is 368 g/mol. The highest BCUT2D eigenvalue weighted by atomic mass is 16.2. The van der Waals surface area contributed by atoms with Crippen molar-refractivity contribution in [1.29, 1.82) is 0 Å². The van der Waals surface area contributed by atoms with E-state index in [1.54, 1.807) is 12.4 Å². The quantitative estimate of drug-likeness (QED) is 0.535. The van der Waals surface area contributed by atoms with E-state index >= 15 is 0 Å². The third-order valence-corrected chi connectivity index (χ3v) is 4.90. The van der Waals surface area contributed by atoms with Crippen molar-refractivity contribution >= 4 is 23.3 Å². The lowest BCUT2D eigenvalue weighted by molar-refractivity contribution is -0.118. The van der Waals surface area contributed by atoms with Crippen molar-refractivity contribution in [1.82, 2.24) is 25.0 Å². The number of nitrogens with zero attached hydrogens (tertiary/aromatic N) is 3. The Morgan fingerprint density at radius 1 is 1.21 bits per heavy atom. The van der Waals surface area contributed by atoms with Gasteiger partial charge in [-0.3, -0.25) is 14.0 Å². The summed E-state index contributed by atoms with van der Waals surface area (Å²) in [6, 6.07) is 6.16. The SMILES string of the molecule is CC(=O)NCCNc1nccn2c(-c3ccc(C(=O)NC4CC4)c(C)c3)cnc12. The molecule has 0 saturated heterocycles. The summed E-state index contributed by atoms with van der Waals surface area (Å²) in [5.41, 5.74) is 4.24. The number of hydrogen-bond acceptors (Lipinski definition) is 5. The molecule has 0 spiro atoms. The summed E-state index contributed by atoms with van der Waals surface area (Å²) in [6.45, 7) is 4.50. The molecular formula is C21H24N6O2. The smallest absolute Gasteiger partial charge is 0.251 e. The molecule has 1 aliphatic rings. The van der Waals surface area contributed by atoms with Gasteiger partial charge in [-0.25, -0.2) is 9.97 Å². The Hall–Kier alpha value is -3.42. The minimum Gasteiger partial charge on any atom is -0.365 e. The Morgan fingerprint density at radius 2 is 2.03 bits per heavy atom. The summed E-state index contributed by atoms with van der Waals surface area (Å²) in [6.07, 6.45) is 7.51. The summed E-state index contributed by atoms with van der Waals surface area (Å²) in [4.78, 5) is 32.2. The Bertz CT molecular complexity index is 1070. The van der Waals surface area contributed by atoms with Crippen LogP contribution >= 0.6 is 0 Å². The number of hydrogen-bond donors (Lipinski definition) is 3. The number of rotatable bonds is 7. The van der Waals surface area contributed by atoms with Crippen LogP contribution in [-0.2, 0) is 4.79 Å². The van der Waals surface area contributed by atoms with Gasteiger partial charge in [0.25, 0.3) is 5.91 Å². The summed E-state index contributed by atoms with van der Waals surface area (Å²) >= 11 is 0. The third-order valence-electron chi connectivity index (χ3n) is 4.90. The molecule has 0 unspecified atom stereocenters. The lowest BCUT2D eigenvalue weighted by Gasteiger charge is -2.10. The molecule has 29 heavy (non-hydrogen) atoms. The van der Waals surface area contributed by atoms with Gasteiger partial charge in [0.05, 0.1) is 11.9 Å². The monoisotopic (exact) mass is 392 g/mol. The van der Waals surface area contributed by atoms with Gasteiger partial charge in [0.2, 0.25) is 5.91 Å². The molecule has 0 bridgehead atoms. The van der Waals surface area contributed by atoms with Crippen molar-refractivity contribution in [2.45, 2.75) is 32.7 Å². The fourth-order valence-electron chi connectivity index (χ4n) is 3.25. The van der Waals surface area contributed by atoms with Crippen LogP contribution in [0, 0.1) is 6.92 Å². The van der Waals surface area contributed by atoms with E-state index < -0.39 is 0 Å². The molecule has 8 heteroatoms. The summed E-state index contributed by atoms with van der Waals surface area (Å²) in [5.74, 6) is 0.580. The van der Waals surface area contributed by atoms with Crippen molar-refractivity contribution in [2.24, 2.45) is 0 Å². The van der Waals surface area contributed by atoms with E-state index in [0.29, 0.717) is 36.2 Å². The number of aryl methyl sites for hydroxylation is 1. The first-order valence-corrected chi connectivity index (χ1v) is 9.75. The van der Waals surface area contributed by atoms with E-state index in [4.69, 9.17) is 0 Å². The Balaban J connectivity index is 1.56. The fourth-order valence-corrected chi connectivity index (χ4v) is 3.25. The second-order valence-electron chi connectivity index (χ2n) is 7.30. The van der Waals surface area contributed by atoms with Gasteiger partial charge in [0.1, 0.15) is 0 Å². The van der Waals surface area contributed by atoms with E-state index in [0.717, 1.165) is 29.7 Å². The maximum Gasteiger partial charge on any atom is 0.251 e. The van der Waals surface area contributed by atoms with Crippen LogP contribution in [0.5, 0.6) is 0 Å². The molecule has 8 nitrogen and oxygen atoms in total. The number of amides is 2. The molecule has 4 rings (SSSR count). The topological polar surface area (TPSA) is 100 Å². The van der Waals surface area contributed by atoms with Crippen LogP contribution in [0.3, 0.4) is 0 Å². The van der Waals surface area contributed by atoms with Crippen molar-refractivity contribution < 1.29 is 9.59 Å². The third kappa shape index (κ3) is 4.21. The number of fused-ring (bicyclic) bond motifs is 1. The standard InChI is InChI=1S/C21H24N6O2/c1-13-11-15(3-6-17(13)21(29)26-16-4-5-16)18-12-25-20-19(24-9-10-27(18)20)23-8-7-22-14(2)28/h3,6,9-12,16H,4-5,7-8H2,1-2H3,(H,22,28)(H,23,24)(H,26,29). The first-order valence-electron chi connectivity index (χ1n) is 9.75. The predicted molar refractivity (Wildman–Crippen MR) is 111 cm³/mol. The molecule has 0 aliphatic heterocycles. The normalized spacial score (nSPS) is 13.3. The highest BCUT2D eigenvalue weighted by molar-refractivity contribution is 5.96. The first kappa shape index (κ1) is 18.9. The van der Waals surface area contributed by atoms with Gasteiger partial charge in [-0.05, 0) is 37.5 Å². The molecule has 1 aliphatic carbocycles. The molecule has 0 atom stereocenters. The zero-order valence-corrected chi connectivity index (χ0v) is 16.5. The minimum atomic E-state index is -0.0642. The number of imidazole rings is 1. The lowest BCUT2D eigenvalue weighted by atomic mass is 10.0. The van der Waals surface area contributed by atoms with Gasteiger partial charge < -0.3 is 16.0 Å². The van der Waals surface area contributed by atoms with E-state index in [-0.39, 0.29) is 11.8 Å². The lowest BCUT2D eigenvalue weighted by Crippen LogP contribution is -2.26. The molecule has 1 aromatic carbocycles. The van der Waals surface area contributed by atoms with E-state index in [2.05, 4.69) is 25.9 Å². The van der Waals surface area contributed by atoms with Crippen molar-refractivity contribution in [2.75, 3.05) is 18.4 Å². The molecule has 1 saturated carbocycles. The fraction of sp³-hybridized carbons (Fsp3) is 0.333. The average Bonchev–Trinajstić information content (AvgIpc) is 3.39. The Labute approximate surface area is 168 Å². The number of nitrogens with one attached hydrogen (secondary N) is 3. The van der Waals surface area contributed by atoms with Crippen molar-refractivity contribution in [3.8, 4) is 11.3 Å². The van der Waals surface area contributed by atoms with Gasteiger partial charge >= 0.3 is 0 Å². The second kappa shape index (κ2) is 7.90. The Kier molecular flexibility index (Phi) is 5.16. The number of benzene rings is 1. The maximum absolute atomic E-state index is 12.4. The minimum absolute atomic E-state index is 0.00968. The largest absolute Gasteiger partial charge is 0.365 e. The average molecular weight is 392 g/mol. The molecule has 0 radical (unpaired) electrons. The van der Waals surface area contributed by atoms with Gasteiger partial charge in [0.15, 0.2) is 11.5 Å². The molecule has 1 fully saturated rings. The zero-order valence-electron chi connectivity index (χ0n) is 16.5. The van der Waals surface area contributed by atoms with Crippen molar-refractivity contribution in [3.63, 3.8) is 0 Å². The summed E-state index contributed by atoms with van der Waals surface area (Å²) < 4.78 is 1.96. The summed E-state index contributed by atoms with van der Waals surface area (Å²) in [7, 11) is 0. The molecule has 150 valence electrons. The first-order chi connectivity index (χ1) is 14.0. The van der Waals surface area contributed by atoms with Gasteiger partial charge in [0, 0.05) is 49.6 Å². The maximum atomic E-state index is 12.4. The van der Waals surface area contributed by atoms with E-state index in [9.17, 15) is 9.59 Å². The van der Waals surface area contributed by atoms with Gasteiger partial charge in [-0.15, -0.1) is 0 Å². The van der Waals surface area contributed by atoms with Crippen LogP contribution in [0.4, 0.5) is 5.82 Å².